The third-order valence-electron chi connectivity index (χ3n) is 7.88. The van der Waals surface area contributed by atoms with Crippen LogP contribution < -0.4 is 19.1 Å². The van der Waals surface area contributed by atoms with Crippen molar-refractivity contribution in [2.75, 3.05) is 24.6 Å². The number of benzene rings is 4. The molecule has 4 aromatic carbocycles. The normalized spacial score (nSPS) is 12.4. The summed E-state index contributed by atoms with van der Waals surface area (Å²) in [6.07, 6.45) is 0.907. The van der Waals surface area contributed by atoms with Crippen LogP contribution in [0.5, 0.6) is 11.5 Å². The topological polar surface area (TPSA) is 105 Å². The second-order valence-electron chi connectivity index (χ2n) is 11.3. The summed E-state index contributed by atoms with van der Waals surface area (Å²) in [6, 6.07) is 27.8. The SMILES string of the molecule is CCOc1ccc(N(CC(=O)N(Cc2cccc(OC)c2)[C@@H](Cc2ccccc2)C(=O)N[C@H](C)CC)S(=O)(=O)c2ccc(Cl)cc2)cc1. The molecule has 0 bridgehead atoms. The van der Waals surface area contributed by atoms with Gasteiger partial charge >= 0.3 is 0 Å². The lowest BCUT2D eigenvalue weighted by Crippen LogP contribution is -2.54. The smallest absolute Gasteiger partial charge is 0.264 e. The molecule has 4 aromatic rings. The Hall–Kier alpha value is -4.54. The van der Waals surface area contributed by atoms with E-state index in [9.17, 15) is 18.0 Å². The predicted octanol–water partition coefficient (Wildman–Crippen LogP) is 6.50. The molecule has 1 N–H and O–H groups in total. The van der Waals surface area contributed by atoms with E-state index in [2.05, 4.69) is 5.32 Å². The molecule has 0 aliphatic rings. The lowest BCUT2D eigenvalue weighted by molar-refractivity contribution is -0.140. The molecule has 0 aliphatic carbocycles. The molecule has 0 aromatic heterocycles. The Morgan fingerprint density at radius 3 is 2.15 bits per heavy atom. The summed E-state index contributed by atoms with van der Waals surface area (Å²) in [5.41, 5.74) is 1.82. The van der Waals surface area contributed by atoms with Crippen molar-refractivity contribution < 1.29 is 27.5 Å². The molecule has 11 heteroatoms. The van der Waals surface area contributed by atoms with Crippen LogP contribution in [-0.4, -0.2) is 57.5 Å². The second-order valence-corrected chi connectivity index (χ2v) is 13.6. The predicted molar refractivity (Wildman–Crippen MR) is 189 cm³/mol. The fourth-order valence-electron chi connectivity index (χ4n) is 5.10. The number of sulfonamides is 1. The maximum atomic E-state index is 14.6. The Morgan fingerprint density at radius 2 is 1.52 bits per heavy atom. The van der Waals surface area contributed by atoms with E-state index in [0.717, 1.165) is 9.87 Å². The molecule has 254 valence electrons. The highest BCUT2D eigenvalue weighted by molar-refractivity contribution is 7.92. The minimum Gasteiger partial charge on any atom is -0.497 e. The van der Waals surface area contributed by atoms with Crippen molar-refractivity contribution in [3.8, 4) is 11.5 Å². The number of nitrogens with one attached hydrogen (secondary N) is 1. The van der Waals surface area contributed by atoms with Crippen molar-refractivity contribution in [2.45, 2.75) is 57.1 Å². The number of rotatable bonds is 16. The van der Waals surface area contributed by atoms with Crippen LogP contribution in [-0.2, 0) is 32.6 Å². The van der Waals surface area contributed by atoms with Gasteiger partial charge in [-0.3, -0.25) is 13.9 Å². The Morgan fingerprint density at radius 1 is 0.854 bits per heavy atom. The zero-order valence-corrected chi connectivity index (χ0v) is 29.2. The van der Waals surface area contributed by atoms with Crippen LogP contribution in [0.3, 0.4) is 0 Å². The van der Waals surface area contributed by atoms with Gasteiger partial charge in [0.1, 0.15) is 24.1 Å². The summed E-state index contributed by atoms with van der Waals surface area (Å²) in [5, 5.41) is 3.42. The minimum atomic E-state index is -4.27. The molecule has 9 nitrogen and oxygen atoms in total. The lowest BCUT2D eigenvalue weighted by Gasteiger charge is -2.34. The first-order chi connectivity index (χ1) is 23.0. The van der Waals surface area contributed by atoms with Crippen molar-refractivity contribution in [1.29, 1.82) is 0 Å². The van der Waals surface area contributed by atoms with Gasteiger partial charge in [0.05, 0.1) is 24.3 Å². The Kier molecular flexibility index (Phi) is 12.9. The van der Waals surface area contributed by atoms with E-state index in [4.69, 9.17) is 21.1 Å². The number of hydrogen-bond donors (Lipinski definition) is 1. The van der Waals surface area contributed by atoms with Crippen LogP contribution in [0.4, 0.5) is 5.69 Å². The summed E-state index contributed by atoms with van der Waals surface area (Å²) in [6.45, 7) is 5.60. The molecule has 0 fully saturated rings. The average molecular weight is 692 g/mol. The van der Waals surface area contributed by atoms with Crippen LogP contribution in [0.15, 0.2) is 108 Å². The van der Waals surface area contributed by atoms with E-state index in [1.807, 2.05) is 57.2 Å². The summed E-state index contributed by atoms with van der Waals surface area (Å²) in [4.78, 5) is 30.1. The molecule has 4 rings (SSSR count). The molecule has 0 aliphatic heterocycles. The average Bonchev–Trinajstić information content (AvgIpc) is 3.09. The number of halogens is 1. The van der Waals surface area contributed by atoms with Gasteiger partial charge in [-0.25, -0.2) is 8.42 Å². The molecule has 0 unspecified atom stereocenters. The van der Waals surface area contributed by atoms with E-state index < -0.39 is 28.5 Å². The third kappa shape index (κ3) is 9.51. The van der Waals surface area contributed by atoms with Gasteiger partial charge in [-0.1, -0.05) is 61.0 Å². The van der Waals surface area contributed by atoms with Crippen molar-refractivity contribution >= 4 is 39.1 Å². The van der Waals surface area contributed by atoms with Gasteiger partial charge in [0.25, 0.3) is 10.0 Å². The highest BCUT2D eigenvalue weighted by atomic mass is 35.5. The number of amides is 2. The Labute approximate surface area is 288 Å². The Bertz CT molecular complexity index is 1750. The number of hydrogen-bond acceptors (Lipinski definition) is 6. The van der Waals surface area contributed by atoms with Crippen LogP contribution in [0.25, 0.3) is 0 Å². The highest BCUT2D eigenvalue weighted by Crippen LogP contribution is 2.28. The fraction of sp³-hybridized carbons (Fsp3) is 0.297. The van der Waals surface area contributed by atoms with Gasteiger partial charge in [-0.15, -0.1) is 0 Å². The van der Waals surface area contributed by atoms with E-state index in [-0.39, 0.29) is 35.5 Å². The summed E-state index contributed by atoms with van der Waals surface area (Å²) in [7, 11) is -2.72. The molecule has 2 atom stereocenters. The fourth-order valence-corrected chi connectivity index (χ4v) is 6.64. The molecule has 0 saturated carbocycles. The van der Waals surface area contributed by atoms with Gasteiger partial charge in [0.15, 0.2) is 0 Å². The highest BCUT2D eigenvalue weighted by Gasteiger charge is 2.35. The van der Waals surface area contributed by atoms with Gasteiger partial charge in [0.2, 0.25) is 11.8 Å². The molecule has 0 heterocycles. The van der Waals surface area contributed by atoms with Gasteiger partial charge in [-0.05, 0) is 92.1 Å². The van der Waals surface area contributed by atoms with Crippen molar-refractivity contribution in [3.63, 3.8) is 0 Å². The molecule has 2 amide bonds. The molecule has 0 saturated heterocycles. The quantitative estimate of drug-likeness (QED) is 0.144. The van der Waals surface area contributed by atoms with E-state index in [1.54, 1.807) is 49.6 Å². The van der Waals surface area contributed by atoms with Gasteiger partial charge in [0, 0.05) is 24.0 Å². The zero-order chi connectivity index (χ0) is 34.7. The maximum absolute atomic E-state index is 14.6. The lowest BCUT2D eigenvalue weighted by atomic mass is 10.0. The van der Waals surface area contributed by atoms with E-state index >= 15 is 0 Å². The first kappa shape index (κ1) is 36.3. The van der Waals surface area contributed by atoms with Gasteiger partial charge < -0.3 is 19.7 Å². The van der Waals surface area contributed by atoms with Crippen molar-refractivity contribution in [1.82, 2.24) is 10.2 Å². The second kappa shape index (κ2) is 17.0. The first-order valence-electron chi connectivity index (χ1n) is 15.8. The summed E-state index contributed by atoms with van der Waals surface area (Å²) >= 11 is 6.08. The van der Waals surface area contributed by atoms with Gasteiger partial charge in [-0.2, -0.15) is 0 Å². The van der Waals surface area contributed by atoms with Crippen LogP contribution in [0, 0.1) is 0 Å². The molecule has 0 spiro atoms. The number of anilines is 1. The molecular weight excluding hydrogens is 650 g/mol. The number of carbonyl (C=O) groups is 2. The first-order valence-corrected chi connectivity index (χ1v) is 17.6. The molecule has 0 radical (unpaired) electrons. The zero-order valence-electron chi connectivity index (χ0n) is 27.6. The monoisotopic (exact) mass is 691 g/mol. The summed E-state index contributed by atoms with van der Waals surface area (Å²) < 4.78 is 40.5. The van der Waals surface area contributed by atoms with E-state index in [0.29, 0.717) is 35.1 Å². The summed E-state index contributed by atoms with van der Waals surface area (Å²) in [5.74, 6) is 0.243. The molecule has 48 heavy (non-hydrogen) atoms. The van der Waals surface area contributed by atoms with Crippen molar-refractivity contribution in [3.05, 3.63) is 119 Å². The molecular formula is C37H42ClN3O6S. The number of nitrogens with zero attached hydrogens (tertiary/aromatic N) is 2. The number of carbonyl (C=O) groups excluding carboxylic acids is 2. The standard InChI is InChI=1S/C37H42ClN3O6S/c1-5-27(3)39-37(43)35(24-28-11-8-7-9-12-28)40(25-29-13-10-14-33(23-29)46-4)36(42)26-41(31-17-19-32(20-18-31)47-6-2)48(44,45)34-21-15-30(38)16-22-34/h7-23,27,35H,5-6,24-26H2,1-4H3,(H,39,43)/t27-,35+/m1/s1. The minimum absolute atomic E-state index is 0.0274. The number of methoxy groups -OCH3 is 1. The van der Waals surface area contributed by atoms with Crippen molar-refractivity contribution in [2.24, 2.45) is 0 Å². The van der Waals surface area contributed by atoms with Crippen LogP contribution in [0.1, 0.15) is 38.3 Å². The Balaban J connectivity index is 1.82. The maximum Gasteiger partial charge on any atom is 0.264 e. The van der Waals surface area contributed by atoms with E-state index in [1.165, 1.54) is 29.2 Å². The number of ether oxygens (including phenoxy) is 2. The third-order valence-corrected chi connectivity index (χ3v) is 9.92. The van der Waals surface area contributed by atoms with Crippen LogP contribution >= 0.6 is 11.6 Å². The van der Waals surface area contributed by atoms with Crippen LogP contribution in [0.2, 0.25) is 5.02 Å². The largest absolute Gasteiger partial charge is 0.497 e.